The molecule has 4 aromatic rings. The molecule has 3 aliphatic rings. The molecule has 3 fully saturated rings. The molecule has 2 unspecified atom stereocenters. The molecule has 3 aliphatic heterocycles. The zero-order chi connectivity index (χ0) is 24.1. The molecular formula is C24H25N9O2. The minimum Gasteiger partial charge on any atom is -0.371 e. The minimum atomic E-state index is -0.686. The molecule has 7 rings (SSSR count). The van der Waals surface area contributed by atoms with E-state index in [0.717, 1.165) is 36.4 Å². The van der Waals surface area contributed by atoms with E-state index >= 15 is 0 Å². The Bertz CT molecular complexity index is 1420. The molecule has 11 heteroatoms. The Morgan fingerprint density at radius 3 is 2.54 bits per heavy atom. The first-order valence-electron chi connectivity index (χ1n) is 11.4. The van der Waals surface area contributed by atoms with Crippen molar-refractivity contribution < 1.29 is 9.53 Å². The first-order chi connectivity index (χ1) is 17.0. The Morgan fingerprint density at radius 2 is 1.86 bits per heavy atom. The lowest BCUT2D eigenvalue weighted by atomic mass is 9.98. The Labute approximate surface area is 201 Å². The van der Waals surface area contributed by atoms with Crippen LogP contribution in [-0.4, -0.2) is 62.8 Å². The molecule has 178 valence electrons. The van der Waals surface area contributed by atoms with Crippen LogP contribution in [0.15, 0.2) is 43.0 Å². The summed E-state index contributed by atoms with van der Waals surface area (Å²) in [6.07, 6.45) is 6.92. The number of nitrogens with one attached hydrogen (secondary N) is 2. The van der Waals surface area contributed by atoms with Crippen LogP contribution in [0.5, 0.6) is 0 Å². The summed E-state index contributed by atoms with van der Waals surface area (Å²) in [6, 6.07) is 8.00. The molecule has 0 saturated carbocycles. The van der Waals surface area contributed by atoms with Gasteiger partial charge in [0.25, 0.3) is 5.91 Å². The number of morpholine rings is 1. The van der Waals surface area contributed by atoms with Crippen molar-refractivity contribution in [1.29, 1.82) is 0 Å². The average Bonchev–Trinajstić information content (AvgIpc) is 3.24. The van der Waals surface area contributed by atoms with Crippen LogP contribution >= 0.6 is 0 Å². The summed E-state index contributed by atoms with van der Waals surface area (Å²) in [7, 11) is 3.63. The normalized spacial score (nSPS) is 18.9. The van der Waals surface area contributed by atoms with Crippen LogP contribution in [0.25, 0.3) is 22.3 Å². The van der Waals surface area contributed by atoms with Gasteiger partial charge in [0.1, 0.15) is 11.2 Å². The highest BCUT2D eigenvalue weighted by molar-refractivity contribution is 5.99. The van der Waals surface area contributed by atoms with Gasteiger partial charge in [-0.05, 0) is 24.3 Å². The van der Waals surface area contributed by atoms with Crippen LogP contribution in [0, 0.1) is 0 Å². The highest BCUT2D eigenvalue weighted by Gasteiger charge is 2.38. The number of hydrogen-bond acceptors (Lipinski definition) is 9. The number of nitrogens with two attached hydrogens (primary N) is 1. The number of piperidine rings is 1. The van der Waals surface area contributed by atoms with Gasteiger partial charge in [-0.3, -0.25) is 9.78 Å². The number of aryl methyl sites for hydroxylation is 1. The van der Waals surface area contributed by atoms with E-state index in [1.165, 1.54) is 0 Å². The highest BCUT2D eigenvalue weighted by atomic mass is 16.5. The lowest BCUT2D eigenvalue weighted by molar-refractivity contribution is -0.133. The van der Waals surface area contributed by atoms with E-state index in [1.54, 1.807) is 25.8 Å². The number of fused-ring (bicyclic) bond motifs is 3. The summed E-state index contributed by atoms with van der Waals surface area (Å²) >= 11 is 0. The topological polar surface area (TPSA) is 136 Å². The van der Waals surface area contributed by atoms with Gasteiger partial charge >= 0.3 is 0 Å². The number of carbonyl (C=O) groups is 1. The molecule has 0 radical (unpaired) electrons. The molecule has 3 saturated heterocycles. The molecule has 6 heterocycles. The standard InChI is InChI=1S/C24H25N9O2/c1-26-23-20(17-8-27-9-18-19(17)28-12-32(18)2)30-21(22(25)34)24(31-23)29-13-3-5-14(6-4-13)33-10-15-7-16(11-33)35-15/h3-6,8-9,12,15-16H,7,10-11H2,1-2H3,(H2,25,34)(H2,26,29,31). The second-order valence-corrected chi connectivity index (χ2v) is 8.84. The average molecular weight is 472 g/mol. The van der Waals surface area contributed by atoms with E-state index in [9.17, 15) is 4.79 Å². The molecule has 3 aromatic heterocycles. The number of aromatic nitrogens is 5. The van der Waals surface area contributed by atoms with Crippen molar-refractivity contribution in [2.75, 3.05) is 35.7 Å². The van der Waals surface area contributed by atoms with Crippen LogP contribution in [0.3, 0.4) is 0 Å². The van der Waals surface area contributed by atoms with Crippen molar-refractivity contribution >= 4 is 40.0 Å². The fourth-order valence-electron chi connectivity index (χ4n) is 4.73. The van der Waals surface area contributed by atoms with Crippen molar-refractivity contribution in [2.45, 2.75) is 18.6 Å². The third kappa shape index (κ3) is 3.69. The van der Waals surface area contributed by atoms with Gasteiger partial charge in [-0.25, -0.2) is 15.0 Å². The largest absolute Gasteiger partial charge is 0.371 e. The smallest absolute Gasteiger partial charge is 0.271 e. The third-order valence-corrected chi connectivity index (χ3v) is 6.51. The second kappa shape index (κ2) is 8.20. The van der Waals surface area contributed by atoms with Crippen molar-refractivity contribution in [3.63, 3.8) is 0 Å². The van der Waals surface area contributed by atoms with Gasteiger partial charge in [0.2, 0.25) is 0 Å². The molecule has 0 aliphatic carbocycles. The zero-order valence-electron chi connectivity index (χ0n) is 19.4. The predicted octanol–water partition coefficient (Wildman–Crippen LogP) is 2.29. The number of hydrogen-bond donors (Lipinski definition) is 3. The van der Waals surface area contributed by atoms with Gasteiger partial charge in [0.05, 0.1) is 35.8 Å². The number of nitrogens with zero attached hydrogens (tertiary/aromatic N) is 6. The van der Waals surface area contributed by atoms with Gasteiger partial charge in [-0.15, -0.1) is 0 Å². The van der Waals surface area contributed by atoms with Crippen molar-refractivity contribution in [2.24, 2.45) is 12.8 Å². The van der Waals surface area contributed by atoms with Crippen LogP contribution in [0.2, 0.25) is 0 Å². The number of anilines is 4. The van der Waals surface area contributed by atoms with E-state index in [2.05, 4.69) is 35.5 Å². The van der Waals surface area contributed by atoms with Crippen molar-refractivity contribution in [3.05, 3.63) is 48.7 Å². The maximum absolute atomic E-state index is 12.4. The first-order valence-corrected chi connectivity index (χ1v) is 11.4. The number of amides is 1. The Morgan fingerprint density at radius 1 is 1.11 bits per heavy atom. The lowest BCUT2D eigenvalue weighted by Gasteiger charge is -2.48. The lowest BCUT2D eigenvalue weighted by Crippen LogP contribution is -2.57. The monoisotopic (exact) mass is 471 g/mol. The summed E-state index contributed by atoms with van der Waals surface area (Å²) in [5.41, 5.74) is 10.3. The predicted molar refractivity (Wildman–Crippen MR) is 133 cm³/mol. The summed E-state index contributed by atoms with van der Waals surface area (Å²) in [4.78, 5) is 32.7. The molecule has 1 aromatic carbocycles. The van der Waals surface area contributed by atoms with Crippen molar-refractivity contribution in [1.82, 2.24) is 24.5 Å². The number of primary amides is 1. The summed E-state index contributed by atoms with van der Waals surface area (Å²) < 4.78 is 7.59. The van der Waals surface area contributed by atoms with Gasteiger partial charge in [0, 0.05) is 51.2 Å². The van der Waals surface area contributed by atoms with Gasteiger partial charge < -0.3 is 30.6 Å². The molecule has 2 atom stereocenters. The number of rotatable bonds is 6. The number of pyridine rings is 1. The fourth-order valence-corrected chi connectivity index (χ4v) is 4.73. The van der Waals surface area contributed by atoms with Crippen LogP contribution < -0.4 is 21.3 Å². The number of carbonyl (C=O) groups excluding carboxylic acids is 1. The first kappa shape index (κ1) is 21.3. The molecule has 1 amide bonds. The fraction of sp³-hybridized carbons (Fsp3) is 0.292. The molecule has 2 bridgehead atoms. The van der Waals surface area contributed by atoms with E-state index in [-0.39, 0.29) is 11.5 Å². The Kier molecular flexibility index (Phi) is 4.99. The van der Waals surface area contributed by atoms with E-state index < -0.39 is 5.91 Å². The summed E-state index contributed by atoms with van der Waals surface area (Å²) in [6.45, 7) is 1.82. The maximum Gasteiger partial charge on any atom is 0.271 e. The van der Waals surface area contributed by atoms with Crippen LogP contribution in [0.4, 0.5) is 23.0 Å². The van der Waals surface area contributed by atoms with Gasteiger partial charge in [0.15, 0.2) is 17.3 Å². The molecule has 4 N–H and O–H groups in total. The van der Waals surface area contributed by atoms with E-state index in [4.69, 9.17) is 10.5 Å². The molecule has 11 nitrogen and oxygen atoms in total. The second-order valence-electron chi connectivity index (χ2n) is 8.84. The minimum absolute atomic E-state index is 0.0317. The van der Waals surface area contributed by atoms with Crippen LogP contribution in [-0.2, 0) is 11.8 Å². The van der Waals surface area contributed by atoms with Gasteiger partial charge in [-0.2, -0.15) is 0 Å². The number of benzene rings is 1. The van der Waals surface area contributed by atoms with E-state index in [0.29, 0.717) is 34.8 Å². The Balaban J connectivity index is 1.34. The molecule has 0 spiro atoms. The maximum atomic E-state index is 12.4. The van der Waals surface area contributed by atoms with Gasteiger partial charge in [-0.1, -0.05) is 0 Å². The highest BCUT2D eigenvalue weighted by Crippen LogP contribution is 2.34. The Hall–Kier alpha value is -4.25. The SMILES string of the molecule is CNc1nc(Nc2ccc(N3CC4CC(C3)O4)cc2)c(C(N)=O)nc1-c1cncc2c1ncn2C. The van der Waals surface area contributed by atoms with Crippen LogP contribution in [0.1, 0.15) is 16.9 Å². The number of ether oxygens (including phenoxy) is 1. The molecule has 35 heavy (non-hydrogen) atoms. The summed E-state index contributed by atoms with van der Waals surface area (Å²) in [5.74, 6) is 0.0583. The zero-order valence-corrected chi connectivity index (χ0v) is 19.4. The van der Waals surface area contributed by atoms with Crippen molar-refractivity contribution in [3.8, 4) is 11.3 Å². The molecular weight excluding hydrogens is 446 g/mol. The third-order valence-electron chi connectivity index (χ3n) is 6.51. The number of imidazole rings is 1. The summed E-state index contributed by atoms with van der Waals surface area (Å²) in [5, 5.41) is 6.27. The van der Waals surface area contributed by atoms with E-state index in [1.807, 2.05) is 35.9 Å². The quantitative estimate of drug-likeness (QED) is 0.387.